The lowest BCUT2D eigenvalue weighted by Gasteiger charge is -2.21. The minimum Gasteiger partial charge on any atom is -0.356 e. The first kappa shape index (κ1) is 18.7. The summed E-state index contributed by atoms with van der Waals surface area (Å²) in [4.78, 5) is 12.8. The van der Waals surface area contributed by atoms with Gasteiger partial charge in [0.1, 0.15) is 5.69 Å². The molecule has 0 bridgehead atoms. The van der Waals surface area contributed by atoms with Gasteiger partial charge >= 0.3 is 0 Å². The molecule has 0 saturated carbocycles. The van der Waals surface area contributed by atoms with Crippen LogP contribution >= 0.6 is 0 Å². The predicted octanol–water partition coefficient (Wildman–Crippen LogP) is 5.13. The smallest absolute Gasteiger partial charge is 0.226 e. The minimum absolute atomic E-state index is 0.0141. The molecule has 1 atom stereocenters. The van der Waals surface area contributed by atoms with Crippen molar-refractivity contribution in [3.8, 4) is 0 Å². The van der Waals surface area contributed by atoms with E-state index in [-0.39, 0.29) is 18.4 Å². The van der Waals surface area contributed by atoms with Crippen LogP contribution in [0.3, 0.4) is 0 Å². The zero-order chi connectivity index (χ0) is 19.7. The number of aromatic nitrogens is 1. The molecular weight excluding hydrogens is 348 g/mol. The van der Waals surface area contributed by atoms with Crippen LogP contribution in [0.25, 0.3) is 11.0 Å². The number of carbonyl (C=O) groups excluding carboxylic acids is 1. The molecule has 146 valence electrons. The summed E-state index contributed by atoms with van der Waals surface area (Å²) in [5.41, 5.74) is 7.82. The van der Waals surface area contributed by atoms with E-state index in [9.17, 15) is 4.79 Å². The molecule has 4 rings (SSSR count). The van der Waals surface area contributed by atoms with Crippen molar-refractivity contribution < 1.29 is 9.32 Å². The Kier molecular flexibility index (Phi) is 5.21. The lowest BCUT2D eigenvalue weighted by atomic mass is 9.89. The average molecular weight is 377 g/mol. The van der Waals surface area contributed by atoms with Crippen LogP contribution < -0.4 is 5.32 Å². The van der Waals surface area contributed by atoms with E-state index in [0.717, 1.165) is 34.9 Å². The molecule has 0 spiro atoms. The van der Waals surface area contributed by atoms with Gasteiger partial charge in [0.15, 0.2) is 5.58 Å². The van der Waals surface area contributed by atoms with Crippen LogP contribution in [-0.4, -0.2) is 11.1 Å². The zero-order valence-electron chi connectivity index (χ0n) is 17.0. The van der Waals surface area contributed by atoms with Gasteiger partial charge in [-0.1, -0.05) is 36.3 Å². The molecule has 1 aliphatic rings. The molecule has 0 aliphatic heterocycles. The molecule has 3 aromatic rings. The van der Waals surface area contributed by atoms with Crippen molar-refractivity contribution in [2.24, 2.45) is 0 Å². The van der Waals surface area contributed by atoms with Crippen LogP contribution in [0.4, 0.5) is 0 Å². The van der Waals surface area contributed by atoms with E-state index >= 15 is 0 Å². The number of rotatable bonds is 5. The summed E-state index contributed by atoms with van der Waals surface area (Å²) in [6.45, 7) is 6.19. The van der Waals surface area contributed by atoms with Gasteiger partial charge in [0.05, 0.1) is 12.5 Å². The van der Waals surface area contributed by atoms with Crippen LogP contribution in [0.1, 0.15) is 65.7 Å². The van der Waals surface area contributed by atoms with Crippen LogP contribution in [0.2, 0.25) is 0 Å². The van der Waals surface area contributed by atoms with Crippen molar-refractivity contribution in [2.45, 2.75) is 65.3 Å². The van der Waals surface area contributed by atoms with E-state index in [1.54, 1.807) is 0 Å². The van der Waals surface area contributed by atoms with Gasteiger partial charge in [0.25, 0.3) is 0 Å². The number of benzene rings is 2. The topological polar surface area (TPSA) is 55.1 Å². The number of amides is 1. The van der Waals surface area contributed by atoms with E-state index in [1.165, 1.54) is 36.0 Å². The second-order valence-corrected chi connectivity index (χ2v) is 8.02. The monoisotopic (exact) mass is 376 g/mol. The number of aryl methyl sites for hydroxylation is 4. The van der Waals surface area contributed by atoms with Crippen molar-refractivity contribution >= 4 is 16.9 Å². The predicted molar refractivity (Wildman–Crippen MR) is 111 cm³/mol. The van der Waals surface area contributed by atoms with Gasteiger partial charge in [-0.3, -0.25) is 4.79 Å². The van der Waals surface area contributed by atoms with Gasteiger partial charge in [-0.25, -0.2) is 0 Å². The number of fused-ring (bicyclic) bond motifs is 2. The molecule has 1 heterocycles. The largest absolute Gasteiger partial charge is 0.356 e. The van der Waals surface area contributed by atoms with Gasteiger partial charge in [0, 0.05) is 5.39 Å². The SMILES string of the molecule is CCC(NC(=O)Cc1noc2cc(C)cc(C)c12)c1ccc2c(c1)CCCC2. The summed E-state index contributed by atoms with van der Waals surface area (Å²) in [6.07, 6.45) is 5.97. The molecular formula is C24H28N2O2. The van der Waals surface area contributed by atoms with Gasteiger partial charge in [0.2, 0.25) is 5.91 Å². The van der Waals surface area contributed by atoms with E-state index in [2.05, 4.69) is 41.7 Å². The van der Waals surface area contributed by atoms with E-state index in [4.69, 9.17) is 4.52 Å². The summed E-state index contributed by atoms with van der Waals surface area (Å²) in [6, 6.07) is 10.8. The first-order chi connectivity index (χ1) is 13.5. The Balaban J connectivity index is 1.51. The molecule has 28 heavy (non-hydrogen) atoms. The minimum atomic E-state index is -0.0141. The van der Waals surface area contributed by atoms with Crippen LogP contribution in [0, 0.1) is 13.8 Å². The van der Waals surface area contributed by atoms with Crippen molar-refractivity contribution in [1.82, 2.24) is 10.5 Å². The molecule has 4 nitrogen and oxygen atoms in total. The number of nitrogens with zero attached hydrogens (tertiary/aromatic N) is 1. The van der Waals surface area contributed by atoms with Gasteiger partial charge < -0.3 is 9.84 Å². The van der Waals surface area contributed by atoms with Crippen LogP contribution in [0.15, 0.2) is 34.9 Å². The van der Waals surface area contributed by atoms with Crippen LogP contribution in [-0.2, 0) is 24.1 Å². The zero-order valence-corrected chi connectivity index (χ0v) is 17.0. The lowest BCUT2D eigenvalue weighted by Crippen LogP contribution is -2.29. The Morgan fingerprint density at radius 2 is 1.93 bits per heavy atom. The quantitative estimate of drug-likeness (QED) is 0.671. The Morgan fingerprint density at radius 1 is 1.14 bits per heavy atom. The third-order valence-electron chi connectivity index (χ3n) is 5.83. The fourth-order valence-corrected chi connectivity index (χ4v) is 4.43. The fourth-order valence-electron chi connectivity index (χ4n) is 4.43. The van der Waals surface area contributed by atoms with Crippen molar-refractivity contribution in [3.05, 3.63) is 63.8 Å². The first-order valence-electron chi connectivity index (χ1n) is 10.3. The van der Waals surface area contributed by atoms with E-state index in [0.29, 0.717) is 5.69 Å². The number of nitrogens with one attached hydrogen (secondary N) is 1. The molecule has 1 aromatic heterocycles. The molecule has 1 N–H and O–H groups in total. The van der Waals surface area contributed by atoms with E-state index in [1.807, 2.05) is 19.9 Å². The molecule has 1 unspecified atom stereocenters. The maximum atomic E-state index is 12.8. The highest BCUT2D eigenvalue weighted by Gasteiger charge is 2.19. The maximum Gasteiger partial charge on any atom is 0.226 e. The Hall–Kier alpha value is -2.62. The van der Waals surface area contributed by atoms with E-state index < -0.39 is 0 Å². The molecule has 0 fully saturated rings. The lowest BCUT2D eigenvalue weighted by molar-refractivity contribution is -0.121. The number of hydrogen-bond acceptors (Lipinski definition) is 3. The van der Waals surface area contributed by atoms with Gasteiger partial charge in [-0.2, -0.15) is 0 Å². The Labute approximate surface area is 166 Å². The molecule has 1 amide bonds. The second kappa shape index (κ2) is 7.78. The standard InChI is InChI=1S/C24H28N2O2/c1-4-20(19-10-9-17-7-5-6-8-18(17)13-19)25-23(27)14-21-24-16(3)11-15(2)12-22(24)28-26-21/h9-13,20H,4-8,14H2,1-3H3,(H,25,27). The molecule has 1 aliphatic carbocycles. The van der Waals surface area contributed by atoms with Gasteiger partial charge in [-0.05, 0) is 79.8 Å². The summed E-state index contributed by atoms with van der Waals surface area (Å²) in [7, 11) is 0. The summed E-state index contributed by atoms with van der Waals surface area (Å²) < 4.78 is 5.46. The Morgan fingerprint density at radius 3 is 2.71 bits per heavy atom. The second-order valence-electron chi connectivity index (χ2n) is 8.02. The maximum absolute atomic E-state index is 12.8. The van der Waals surface area contributed by atoms with Crippen molar-refractivity contribution in [1.29, 1.82) is 0 Å². The summed E-state index contributed by atoms with van der Waals surface area (Å²) in [5, 5.41) is 8.33. The molecule has 4 heteroatoms. The molecule has 0 radical (unpaired) electrons. The van der Waals surface area contributed by atoms with Crippen molar-refractivity contribution in [3.63, 3.8) is 0 Å². The third-order valence-corrected chi connectivity index (χ3v) is 5.83. The summed E-state index contributed by atoms with van der Waals surface area (Å²) >= 11 is 0. The highest BCUT2D eigenvalue weighted by Crippen LogP contribution is 2.27. The first-order valence-corrected chi connectivity index (χ1v) is 10.3. The van der Waals surface area contributed by atoms with Crippen molar-refractivity contribution in [2.75, 3.05) is 0 Å². The normalized spacial score (nSPS) is 14.7. The molecule has 0 saturated heterocycles. The average Bonchev–Trinajstić information content (AvgIpc) is 3.08. The highest BCUT2D eigenvalue weighted by molar-refractivity contribution is 5.88. The number of hydrogen-bond donors (Lipinski definition) is 1. The summed E-state index contributed by atoms with van der Waals surface area (Å²) in [5.74, 6) is -0.0141. The van der Waals surface area contributed by atoms with Gasteiger partial charge in [-0.15, -0.1) is 0 Å². The highest BCUT2D eigenvalue weighted by atomic mass is 16.5. The fraction of sp³-hybridized carbons (Fsp3) is 0.417. The Bertz CT molecular complexity index is 1020. The van der Waals surface area contributed by atoms with Crippen LogP contribution in [0.5, 0.6) is 0 Å². The molecule has 2 aromatic carbocycles. The number of carbonyl (C=O) groups is 1. The third kappa shape index (κ3) is 3.68.